The Kier molecular flexibility index (Phi) is 6.21. The van der Waals surface area contributed by atoms with Crippen LogP contribution in [0.1, 0.15) is 34.0 Å². The number of sulfonamides is 1. The van der Waals surface area contributed by atoms with Gasteiger partial charge in [0.15, 0.2) is 0 Å². The summed E-state index contributed by atoms with van der Waals surface area (Å²) >= 11 is 0. The first-order valence-electron chi connectivity index (χ1n) is 9.65. The number of rotatable bonds is 6. The summed E-state index contributed by atoms with van der Waals surface area (Å²) in [5, 5.41) is 11.1. The van der Waals surface area contributed by atoms with Crippen LogP contribution in [0.4, 0.5) is 11.4 Å². The Morgan fingerprint density at radius 2 is 1.58 bits per heavy atom. The highest BCUT2D eigenvalue weighted by molar-refractivity contribution is 7.93. The minimum atomic E-state index is -4.23. The number of nitro benzene ring substituents is 1. The Balaban J connectivity index is 2.15. The second-order valence-electron chi connectivity index (χ2n) is 7.17. The van der Waals surface area contributed by atoms with Crippen LogP contribution in [0.15, 0.2) is 71.6 Å². The molecule has 0 spiro atoms. The number of anilines is 1. The van der Waals surface area contributed by atoms with Gasteiger partial charge in [0.2, 0.25) is 0 Å². The Hall–Kier alpha value is -3.52. The summed E-state index contributed by atoms with van der Waals surface area (Å²) in [6.07, 6.45) is 0.764. The molecule has 3 rings (SSSR count). The highest BCUT2D eigenvalue weighted by Crippen LogP contribution is 2.28. The summed E-state index contributed by atoms with van der Waals surface area (Å²) < 4.78 is 27.7. The molecule has 0 aliphatic heterocycles. The molecule has 0 N–H and O–H groups in total. The van der Waals surface area contributed by atoms with Crippen LogP contribution < -0.4 is 4.31 Å². The molecule has 0 unspecified atom stereocenters. The van der Waals surface area contributed by atoms with E-state index in [9.17, 15) is 23.3 Å². The van der Waals surface area contributed by atoms with Gasteiger partial charge in [-0.1, -0.05) is 36.8 Å². The summed E-state index contributed by atoms with van der Waals surface area (Å²) in [4.78, 5) is 23.9. The summed E-state index contributed by atoms with van der Waals surface area (Å²) in [6, 6.07) is 16.7. The standard InChI is InChI=1S/C23H22N2O5S/c1-4-18-7-10-20(11-8-18)24(31(29,30)21-12-5-16(2)6-13-21)23(26)19-9-14-22(25(27)28)17(3)15-19/h5-15H,4H2,1-3H3. The van der Waals surface area contributed by atoms with E-state index in [0.717, 1.165) is 21.9 Å². The second-order valence-corrected chi connectivity index (χ2v) is 8.95. The lowest BCUT2D eigenvalue weighted by Crippen LogP contribution is -2.37. The fraction of sp³-hybridized carbons (Fsp3) is 0.174. The quantitative estimate of drug-likeness (QED) is 0.406. The molecule has 0 heterocycles. The molecule has 0 bridgehead atoms. The van der Waals surface area contributed by atoms with Crippen LogP contribution in [0.3, 0.4) is 0 Å². The van der Waals surface area contributed by atoms with E-state index in [1.807, 2.05) is 13.8 Å². The number of hydrogen-bond donors (Lipinski definition) is 0. The van der Waals surface area contributed by atoms with Gasteiger partial charge in [-0.25, -0.2) is 8.42 Å². The largest absolute Gasteiger partial charge is 0.272 e. The van der Waals surface area contributed by atoms with Crippen molar-refractivity contribution < 1.29 is 18.1 Å². The molecule has 0 saturated heterocycles. The zero-order valence-electron chi connectivity index (χ0n) is 17.4. The maximum atomic E-state index is 13.5. The summed E-state index contributed by atoms with van der Waals surface area (Å²) in [5.74, 6) is -0.789. The van der Waals surface area contributed by atoms with Crippen LogP contribution in [0.2, 0.25) is 0 Å². The molecule has 0 saturated carbocycles. The Bertz CT molecular complexity index is 1230. The fourth-order valence-electron chi connectivity index (χ4n) is 3.16. The van der Waals surface area contributed by atoms with Crippen LogP contribution >= 0.6 is 0 Å². The van der Waals surface area contributed by atoms with Crippen molar-refractivity contribution in [3.63, 3.8) is 0 Å². The predicted octanol–water partition coefficient (Wildman–Crippen LogP) is 4.81. The van der Waals surface area contributed by atoms with E-state index in [2.05, 4.69) is 0 Å². The van der Waals surface area contributed by atoms with Gasteiger partial charge in [0.1, 0.15) is 0 Å². The number of hydrogen-bond acceptors (Lipinski definition) is 5. The van der Waals surface area contributed by atoms with Crippen LogP contribution in [-0.2, 0) is 16.4 Å². The molecule has 3 aromatic carbocycles. The average Bonchev–Trinajstić information content (AvgIpc) is 2.74. The van der Waals surface area contributed by atoms with Crippen molar-refractivity contribution >= 4 is 27.3 Å². The van der Waals surface area contributed by atoms with Gasteiger partial charge in [0.05, 0.1) is 15.5 Å². The number of carbonyl (C=O) groups excluding carboxylic acids is 1. The molecule has 0 aliphatic rings. The number of aryl methyl sites for hydroxylation is 3. The van der Waals surface area contributed by atoms with E-state index in [0.29, 0.717) is 0 Å². The molecule has 3 aromatic rings. The Labute approximate surface area is 181 Å². The third-order valence-corrected chi connectivity index (χ3v) is 6.69. The predicted molar refractivity (Wildman–Crippen MR) is 119 cm³/mol. The van der Waals surface area contributed by atoms with Crippen molar-refractivity contribution in [2.24, 2.45) is 0 Å². The molecule has 0 aliphatic carbocycles. The Morgan fingerprint density at radius 3 is 2.10 bits per heavy atom. The lowest BCUT2D eigenvalue weighted by atomic mass is 10.1. The lowest BCUT2D eigenvalue weighted by Gasteiger charge is -2.23. The van der Waals surface area contributed by atoms with Crippen LogP contribution in [0.25, 0.3) is 0 Å². The van der Waals surface area contributed by atoms with E-state index >= 15 is 0 Å². The number of nitro groups is 1. The molecular formula is C23H22N2O5S. The summed E-state index contributed by atoms with van der Waals surface area (Å²) in [5.41, 5.74) is 2.24. The van der Waals surface area contributed by atoms with Gasteiger partial charge < -0.3 is 0 Å². The number of amides is 1. The molecule has 0 aromatic heterocycles. The third kappa shape index (κ3) is 4.49. The minimum Gasteiger partial charge on any atom is -0.268 e. The maximum Gasteiger partial charge on any atom is 0.272 e. The van der Waals surface area contributed by atoms with Crippen molar-refractivity contribution in [3.8, 4) is 0 Å². The highest BCUT2D eigenvalue weighted by Gasteiger charge is 2.32. The summed E-state index contributed by atoms with van der Waals surface area (Å²) in [6.45, 7) is 5.31. The first-order valence-corrected chi connectivity index (χ1v) is 11.1. The van der Waals surface area contributed by atoms with Crippen molar-refractivity contribution in [3.05, 3.63) is 99.1 Å². The number of carbonyl (C=O) groups is 1. The first kappa shape index (κ1) is 22.2. The molecule has 0 radical (unpaired) electrons. The van der Waals surface area contributed by atoms with Crippen LogP contribution in [0, 0.1) is 24.0 Å². The van der Waals surface area contributed by atoms with Gasteiger partial charge in [-0.15, -0.1) is 0 Å². The van der Waals surface area contributed by atoms with Crippen LogP contribution in [0.5, 0.6) is 0 Å². The van der Waals surface area contributed by atoms with Gasteiger partial charge in [0, 0.05) is 17.2 Å². The number of nitrogens with zero attached hydrogens (tertiary/aromatic N) is 2. The molecule has 0 atom stereocenters. The second kappa shape index (κ2) is 8.69. The molecule has 0 fully saturated rings. The minimum absolute atomic E-state index is 0.0235. The van der Waals surface area contributed by atoms with E-state index < -0.39 is 20.9 Å². The van der Waals surface area contributed by atoms with Gasteiger partial charge in [0.25, 0.3) is 21.6 Å². The van der Waals surface area contributed by atoms with Crippen molar-refractivity contribution in [2.75, 3.05) is 4.31 Å². The molecule has 7 nitrogen and oxygen atoms in total. The Morgan fingerprint density at radius 1 is 0.968 bits per heavy atom. The van der Waals surface area contributed by atoms with E-state index in [1.165, 1.54) is 37.3 Å². The highest BCUT2D eigenvalue weighted by atomic mass is 32.2. The van der Waals surface area contributed by atoms with Crippen LogP contribution in [-0.4, -0.2) is 19.2 Å². The van der Waals surface area contributed by atoms with Crippen molar-refractivity contribution in [1.29, 1.82) is 0 Å². The van der Waals surface area contributed by atoms with Gasteiger partial charge in [-0.05, 0) is 62.2 Å². The fourth-order valence-corrected chi connectivity index (χ4v) is 4.57. The van der Waals surface area contributed by atoms with E-state index in [4.69, 9.17) is 0 Å². The van der Waals surface area contributed by atoms with Gasteiger partial charge in [-0.2, -0.15) is 4.31 Å². The molecule has 160 valence electrons. The van der Waals surface area contributed by atoms with Gasteiger partial charge >= 0.3 is 0 Å². The van der Waals surface area contributed by atoms with Crippen molar-refractivity contribution in [1.82, 2.24) is 0 Å². The molecule has 1 amide bonds. The maximum absolute atomic E-state index is 13.5. The zero-order valence-corrected chi connectivity index (χ0v) is 18.2. The normalized spacial score (nSPS) is 11.2. The summed E-state index contributed by atoms with van der Waals surface area (Å²) in [7, 11) is -4.23. The smallest absolute Gasteiger partial charge is 0.268 e. The number of benzene rings is 3. The van der Waals surface area contributed by atoms with Crippen molar-refractivity contribution in [2.45, 2.75) is 32.1 Å². The molecular weight excluding hydrogens is 416 g/mol. The monoisotopic (exact) mass is 438 g/mol. The molecule has 8 heteroatoms. The van der Waals surface area contributed by atoms with E-state index in [1.54, 1.807) is 36.4 Å². The zero-order chi connectivity index (χ0) is 22.8. The first-order chi connectivity index (χ1) is 14.6. The van der Waals surface area contributed by atoms with E-state index in [-0.39, 0.29) is 27.4 Å². The topological polar surface area (TPSA) is 97.6 Å². The van der Waals surface area contributed by atoms with Gasteiger partial charge in [-0.3, -0.25) is 14.9 Å². The SMILES string of the molecule is CCc1ccc(N(C(=O)c2ccc([N+](=O)[O-])c(C)c2)S(=O)(=O)c2ccc(C)cc2)cc1. The lowest BCUT2D eigenvalue weighted by molar-refractivity contribution is -0.385. The third-order valence-electron chi connectivity index (χ3n) is 4.96. The molecule has 31 heavy (non-hydrogen) atoms. The average molecular weight is 439 g/mol.